The maximum absolute atomic E-state index is 4.60. The highest BCUT2D eigenvalue weighted by Gasteiger charge is 2.14. The van der Waals surface area contributed by atoms with Crippen molar-refractivity contribution >= 4 is 0 Å². The second-order valence-electron chi connectivity index (χ2n) is 6.46. The molecule has 1 aromatic carbocycles. The molecule has 0 unspecified atom stereocenters. The molecule has 0 aliphatic heterocycles. The zero-order valence-corrected chi connectivity index (χ0v) is 12.6. The third-order valence-electron chi connectivity index (χ3n) is 3.42. The van der Waals surface area contributed by atoms with E-state index in [4.69, 9.17) is 0 Å². The highest BCUT2D eigenvalue weighted by molar-refractivity contribution is 5.63. The number of hydrogen-bond donors (Lipinski definition) is 0. The Kier molecular flexibility index (Phi) is 3.75. The zero-order chi connectivity index (χ0) is 14.0. The van der Waals surface area contributed by atoms with Crippen molar-refractivity contribution in [2.45, 2.75) is 46.0 Å². The minimum Gasteiger partial charge on any atom is -0.260 e. The predicted octanol–water partition coefficient (Wildman–Crippen LogP) is 5.17. The van der Waals surface area contributed by atoms with Gasteiger partial charge >= 0.3 is 0 Å². The highest BCUT2D eigenvalue weighted by atomic mass is 14.7. The fourth-order valence-electron chi connectivity index (χ4n) is 2.09. The number of pyridine rings is 1. The molecule has 0 fully saturated rings. The van der Waals surface area contributed by atoms with Crippen LogP contribution in [-0.4, -0.2) is 4.98 Å². The fourth-order valence-corrected chi connectivity index (χ4v) is 2.09. The Labute approximate surface area is 116 Å². The van der Waals surface area contributed by atoms with Crippen LogP contribution in [0.15, 0.2) is 42.6 Å². The van der Waals surface area contributed by atoms with Gasteiger partial charge in [0.2, 0.25) is 0 Å². The van der Waals surface area contributed by atoms with Gasteiger partial charge in [-0.1, -0.05) is 65.0 Å². The monoisotopic (exact) mass is 253 g/mol. The predicted molar refractivity (Wildman–Crippen MR) is 82.5 cm³/mol. The van der Waals surface area contributed by atoms with Crippen LogP contribution >= 0.6 is 0 Å². The first-order valence-electron chi connectivity index (χ1n) is 6.95. The Hall–Kier alpha value is -1.63. The molecule has 0 radical (unpaired) electrons. The maximum Gasteiger partial charge on any atom is 0.0457 e. The second-order valence-corrected chi connectivity index (χ2v) is 6.46. The zero-order valence-electron chi connectivity index (χ0n) is 12.6. The first-order valence-corrected chi connectivity index (χ1v) is 6.95. The maximum atomic E-state index is 4.60. The first kappa shape index (κ1) is 13.8. The lowest BCUT2D eigenvalue weighted by Crippen LogP contribution is -2.12. The van der Waals surface area contributed by atoms with Gasteiger partial charge in [-0.25, -0.2) is 0 Å². The summed E-state index contributed by atoms with van der Waals surface area (Å²) in [5, 5.41) is 0. The Morgan fingerprint density at radius 2 is 1.68 bits per heavy atom. The van der Waals surface area contributed by atoms with Gasteiger partial charge < -0.3 is 0 Å². The smallest absolute Gasteiger partial charge is 0.0457 e. The molecule has 2 aromatic rings. The third-order valence-corrected chi connectivity index (χ3v) is 3.42. The van der Waals surface area contributed by atoms with Crippen LogP contribution in [0.2, 0.25) is 0 Å². The van der Waals surface area contributed by atoms with Gasteiger partial charge in [-0.15, -0.1) is 0 Å². The average Bonchev–Trinajstić information content (AvgIpc) is 2.38. The van der Waals surface area contributed by atoms with Crippen LogP contribution in [0.1, 0.15) is 51.8 Å². The summed E-state index contributed by atoms with van der Waals surface area (Å²) >= 11 is 0. The molecule has 0 saturated carbocycles. The summed E-state index contributed by atoms with van der Waals surface area (Å²) in [5.41, 5.74) is 5.06. The summed E-state index contributed by atoms with van der Waals surface area (Å²) in [6, 6.07) is 13.0. The summed E-state index contributed by atoms with van der Waals surface area (Å²) in [4.78, 5) is 4.60. The Morgan fingerprint density at radius 3 is 2.21 bits per heavy atom. The fraction of sp³-hybridized carbons (Fsp3) is 0.389. The Morgan fingerprint density at radius 1 is 0.947 bits per heavy atom. The van der Waals surface area contributed by atoms with Gasteiger partial charge in [0, 0.05) is 22.9 Å². The van der Waals surface area contributed by atoms with E-state index in [0.717, 1.165) is 5.69 Å². The lowest BCUT2D eigenvalue weighted by atomic mass is 9.91. The minimum absolute atomic E-state index is 0.109. The molecule has 0 aliphatic rings. The van der Waals surface area contributed by atoms with Gasteiger partial charge in [0.05, 0.1) is 0 Å². The van der Waals surface area contributed by atoms with Crippen molar-refractivity contribution in [3.63, 3.8) is 0 Å². The normalized spacial score (nSPS) is 11.9. The van der Waals surface area contributed by atoms with E-state index in [0.29, 0.717) is 5.92 Å². The molecule has 1 aromatic heterocycles. The van der Waals surface area contributed by atoms with Gasteiger partial charge in [-0.05, 0) is 23.1 Å². The molecule has 0 bridgehead atoms. The van der Waals surface area contributed by atoms with E-state index in [9.17, 15) is 0 Å². The first-order chi connectivity index (χ1) is 8.88. The molecule has 0 amide bonds. The molecular weight excluding hydrogens is 230 g/mol. The number of rotatable bonds is 2. The molecule has 2 rings (SSSR count). The molecule has 1 heterocycles. The number of aromatic nitrogens is 1. The molecule has 19 heavy (non-hydrogen) atoms. The van der Waals surface area contributed by atoms with Crippen molar-refractivity contribution in [1.29, 1.82) is 0 Å². The van der Waals surface area contributed by atoms with Gasteiger partial charge in [0.25, 0.3) is 0 Å². The molecular formula is C18H23N. The SMILES string of the molecule is CC(C)c1cccc(-c2ccc(C(C)(C)C)nc2)c1. The van der Waals surface area contributed by atoms with Gasteiger partial charge in [-0.2, -0.15) is 0 Å². The van der Waals surface area contributed by atoms with Crippen molar-refractivity contribution in [3.05, 3.63) is 53.9 Å². The van der Waals surface area contributed by atoms with Crippen LogP contribution in [0.3, 0.4) is 0 Å². The topological polar surface area (TPSA) is 12.9 Å². The molecule has 0 atom stereocenters. The van der Waals surface area contributed by atoms with Crippen molar-refractivity contribution in [2.24, 2.45) is 0 Å². The lowest BCUT2D eigenvalue weighted by Gasteiger charge is -2.17. The van der Waals surface area contributed by atoms with E-state index in [1.807, 2.05) is 6.20 Å². The van der Waals surface area contributed by atoms with E-state index in [2.05, 4.69) is 76.0 Å². The highest BCUT2D eigenvalue weighted by Crippen LogP contribution is 2.26. The standard InChI is InChI=1S/C18H23N/c1-13(2)14-7-6-8-15(11-14)16-9-10-17(19-12-16)18(3,4)5/h6-13H,1-5H3. The summed E-state index contributed by atoms with van der Waals surface area (Å²) < 4.78 is 0. The largest absolute Gasteiger partial charge is 0.260 e. The lowest BCUT2D eigenvalue weighted by molar-refractivity contribution is 0.569. The summed E-state index contributed by atoms with van der Waals surface area (Å²) in [6.45, 7) is 11.0. The molecule has 1 heteroatoms. The van der Waals surface area contributed by atoms with Gasteiger partial charge in [0.15, 0.2) is 0 Å². The summed E-state index contributed by atoms with van der Waals surface area (Å²) in [6.07, 6.45) is 1.99. The van der Waals surface area contributed by atoms with Crippen molar-refractivity contribution < 1.29 is 0 Å². The number of nitrogens with zero attached hydrogens (tertiary/aromatic N) is 1. The van der Waals surface area contributed by atoms with Crippen molar-refractivity contribution in [3.8, 4) is 11.1 Å². The van der Waals surface area contributed by atoms with Crippen LogP contribution in [-0.2, 0) is 5.41 Å². The molecule has 100 valence electrons. The van der Waals surface area contributed by atoms with E-state index in [1.165, 1.54) is 16.7 Å². The van der Waals surface area contributed by atoms with Crippen molar-refractivity contribution in [2.75, 3.05) is 0 Å². The Balaban J connectivity index is 2.35. The van der Waals surface area contributed by atoms with Crippen LogP contribution < -0.4 is 0 Å². The third kappa shape index (κ3) is 3.23. The summed E-state index contributed by atoms with van der Waals surface area (Å²) in [5.74, 6) is 0.557. The number of benzene rings is 1. The molecule has 0 saturated heterocycles. The van der Waals surface area contributed by atoms with Crippen LogP contribution in [0.25, 0.3) is 11.1 Å². The molecule has 0 spiro atoms. The molecule has 0 N–H and O–H groups in total. The van der Waals surface area contributed by atoms with E-state index in [-0.39, 0.29) is 5.41 Å². The van der Waals surface area contributed by atoms with Gasteiger partial charge in [-0.3, -0.25) is 4.98 Å². The van der Waals surface area contributed by atoms with Crippen LogP contribution in [0.4, 0.5) is 0 Å². The van der Waals surface area contributed by atoms with Crippen LogP contribution in [0, 0.1) is 0 Å². The van der Waals surface area contributed by atoms with E-state index >= 15 is 0 Å². The number of hydrogen-bond acceptors (Lipinski definition) is 1. The van der Waals surface area contributed by atoms with Gasteiger partial charge in [0.1, 0.15) is 0 Å². The molecule has 1 nitrogen and oxygen atoms in total. The van der Waals surface area contributed by atoms with Crippen LogP contribution in [0.5, 0.6) is 0 Å². The average molecular weight is 253 g/mol. The van der Waals surface area contributed by atoms with E-state index < -0.39 is 0 Å². The van der Waals surface area contributed by atoms with E-state index in [1.54, 1.807) is 0 Å². The molecule has 0 aliphatic carbocycles. The minimum atomic E-state index is 0.109. The Bertz CT molecular complexity index is 545. The quantitative estimate of drug-likeness (QED) is 0.719. The van der Waals surface area contributed by atoms with Crippen molar-refractivity contribution in [1.82, 2.24) is 4.98 Å². The summed E-state index contributed by atoms with van der Waals surface area (Å²) in [7, 11) is 0. The second kappa shape index (κ2) is 5.16.